The van der Waals surface area contributed by atoms with Gasteiger partial charge in [0, 0.05) is 30.2 Å². The summed E-state index contributed by atoms with van der Waals surface area (Å²) in [5.41, 5.74) is 0.369. The molecule has 3 aromatic rings. The van der Waals surface area contributed by atoms with Gasteiger partial charge in [-0.3, -0.25) is 0 Å². The normalized spacial score (nSPS) is 12.0. The molecule has 0 bridgehead atoms. The molecule has 0 radical (unpaired) electrons. The van der Waals surface area contributed by atoms with Gasteiger partial charge in [0.1, 0.15) is 5.82 Å². The molecule has 1 heterocycles. The van der Waals surface area contributed by atoms with Crippen LogP contribution in [0.4, 0.5) is 13.2 Å². The van der Waals surface area contributed by atoms with Crippen LogP contribution in [0.25, 0.3) is 11.0 Å². The highest BCUT2D eigenvalue weighted by molar-refractivity contribution is 7.98. The molecule has 144 valence electrons. The van der Waals surface area contributed by atoms with Crippen molar-refractivity contribution >= 4 is 34.4 Å². The van der Waals surface area contributed by atoms with Crippen LogP contribution in [0, 0.1) is 0 Å². The lowest BCUT2D eigenvalue weighted by atomic mass is 10.2. The largest absolute Gasteiger partial charge is 0.416 e. The first kappa shape index (κ1) is 20.0. The fraction of sp³-hybridized carbons (Fsp3) is 0.316. The van der Waals surface area contributed by atoms with Gasteiger partial charge in [0.25, 0.3) is 0 Å². The Kier molecular flexibility index (Phi) is 6.34. The van der Waals surface area contributed by atoms with E-state index < -0.39 is 11.7 Å². The second-order valence-corrected chi connectivity index (χ2v) is 7.46. The molecule has 0 aliphatic carbocycles. The average Bonchev–Trinajstić information content (AvgIpc) is 2.98. The molecule has 3 rings (SSSR count). The monoisotopic (exact) mass is 414 g/mol. The van der Waals surface area contributed by atoms with E-state index in [0.717, 1.165) is 29.3 Å². The van der Waals surface area contributed by atoms with E-state index in [1.165, 1.54) is 6.07 Å². The number of fused-ring (bicyclic) bond motifs is 1. The van der Waals surface area contributed by atoms with Crippen molar-refractivity contribution < 1.29 is 17.9 Å². The van der Waals surface area contributed by atoms with Gasteiger partial charge in [-0.15, -0.1) is 11.8 Å². The van der Waals surface area contributed by atoms with E-state index in [9.17, 15) is 13.2 Å². The molecular weight excluding hydrogens is 397 g/mol. The lowest BCUT2D eigenvalue weighted by Gasteiger charge is -2.10. The van der Waals surface area contributed by atoms with Crippen molar-refractivity contribution in [2.45, 2.75) is 29.8 Å². The number of nitrogens with zero attached hydrogens (tertiary/aromatic N) is 2. The van der Waals surface area contributed by atoms with Crippen molar-refractivity contribution in [1.82, 2.24) is 9.55 Å². The number of rotatable bonds is 7. The van der Waals surface area contributed by atoms with Crippen molar-refractivity contribution in [3.63, 3.8) is 0 Å². The first-order valence-electron chi connectivity index (χ1n) is 8.32. The van der Waals surface area contributed by atoms with Crippen LogP contribution in [0.2, 0.25) is 5.02 Å². The van der Waals surface area contributed by atoms with E-state index in [0.29, 0.717) is 35.0 Å². The van der Waals surface area contributed by atoms with Crippen LogP contribution in [0.15, 0.2) is 47.4 Å². The number of thioether (sulfide) groups is 1. The summed E-state index contributed by atoms with van der Waals surface area (Å²) in [6.07, 6.45) is -3.63. The highest BCUT2D eigenvalue weighted by Gasteiger charge is 2.31. The molecule has 1 aromatic heterocycles. The maximum atomic E-state index is 13.0. The number of hydrogen-bond acceptors (Lipinski definition) is 3. The van der Waals surface area contributed by atoms with E-state index in [-0.39, 0.29) is 0 Å². The summed E-state index contributed by atoms with van der Waals surface area (Å²) in [7, 11) is 1.62. The van der Waals surface area contributed by atoms with Crippen LogP contribution < -0.4 is 0 Å². The molecule has 27 heavy (non-hydrogen) atoms. The van der Waals surface area contributed by atoms with E-state index in [2.05, 4.69) is 4.98 Å². The molecule has 0 amide bonds. The summed E-state index contributed by atoms with van der Waals surface area (Å²) in [5, 5.41) is 0.658. The molecule has 0 aliphatic heterocycles. The number of ether oxygens (including phenoxy) is 1. The molecule has 0 atom stereocenters. The number of aryl methyl sites for hydroxylation is 1. The topological polar surface area (TPSA) is 27.1 Å². The van der Waals surface area contributed by atoms with Gasteiger partial charge < -0.3 is 9.30 Å². The van der Waals surface area contributed by atoms with Gasteiger partial charge in [-0.2, -0.15) is 13.2 Å². The second-order valence-electron chi connectivity index (χ2n) is 5.97. The predicted octanol–water partition coefficient (Wildman–Crippen LogP) is 6.04. The molecule has 3 nitrogen and oxygen atoms in total. The third-order valence-corrected chi connectivity index (χ3v) is 5.33. The molecule has 0 saturated carbocycles. The fourth-order valence-electron chi connectivity index (χ4n) is 2.76. The van der Waals surface area contributed by atoms with E-state index in [4.69, 9.17) is 16.3 Å². The van der Waals surface area contributed by atoms with Gasteiger partial charge in [0.05, 0.1) is 22.3 Å². The number of imidazole rings is 1. The molecule has 0 aliphatic rings. The Bertz CT molecular complexity index is 910. The summed E-state index contributed by atoms with van der Waals surface area (Å²) in [4.78, 5) is 5.49. The van der Waals surface area contributed by atoms with Crippen molar-refractivity contribution in [3.8, 4) is 0 Å². The summed E-state index contributed by atoms with van der Waals surface area (Å²) >= 11 is 7.47. The Morgan fingerprint density at radius 3 is 2.56 bits per heavy atom. The average molecular weight is 415 g/mol. The van der Waals surface area contributed by atoms with E-state index in [1.54, 1.807) is 31.0 Å². The molecule has 0 spiro atoms. The van der Waals surface area contributed by atoms with Crippen molar-refractivity contribution in [1.29, 1.82) is 0 Å². The Balaban J connectivity index is 1.90. The van der Waals surface area contributed by atoms with Crippen molar-refractivity contribution in [2.75, 3.05) is 13.7 Å². The Morgan fingerprint density at radius 1 is 1.15 bits per heavy atom. The maximum Gasteiger partial charge on any atom is 0.416 e. The number of aromatic nitrogens is 2. The maximum absolute atomic E-state index is 13.0. The molecular formula is C19H18ClF3N2OS. The zero-order valence-electron chi connectivity index (χ0n) is 14.6. The van der Waals surface area contributed by atoms with Gasteiger partial charge in [-0.25, -0.2) is 4.98 Å². The molecule has 8 heteroatoms. The number of halogens is 4. The zero-order chi connectivity index (χ0) is 19.4. The minimum absolute atomic E-state index is 0.356. The fourth-order valence-corrected chi connectivity index (χ4v) is 3.73. The summed E-state index contributed by atoms with van der Waals surface area (Å²) in [6.45, 7) is 1.20. The van der Waals surface area contributed by atoms with Crippen LogP contribution in [-0.2, 0) is 23.2 Å². The van der Waals surface area contributed by atoms with Gasteiger partial charge in [0.15, 0.2) is 0 Å². The third kappa shape index (κ3) is 4.97. The van der Waals surface area contributed by atoms with Gasteiger partial charge in [0.2, 0.25) is 0 Å². The first-order chi connectivity index (χ1) is 12.9. The summed E-state index contributed by atoms with van der Waals surface area (Å²) < 4.78 is 46.1. The number of hydrogen-bond donors (Lipinski definition) is 0. The Hall–Kier alpha value is -1.70. The van der Waals surface area contributed by atoms with Crippen molar-refractivity contribution in [3.05, 3.63) is 58.9 Å². The summed E-state index contributed by atoms with van der Waals surface area (Å²) in [5.74, 6) is 1.28. The Labute approximate surface area is 164 Å². The van der Waals surface area contributed by atoms with Crippen LogP contribution in [0.5, 0.6) is 0 Å². The van der Waals surface area contributed by atoms with E-state index >= 15 is 0 Å². The minimum atomic E-state index is -4.38. The molecule has 2 aromatic carbocycles. The highest BCUT2D eigenvalue weighted by Crippen LogP contribution is 2.32. The number of benzene rings is 2. The molecule has 0 saturated heterocycles. The lowest BCUT2D eigenvalue weighted by molar-refractivity contribution is -0.137. The molecule has 0 fully saturated rings. The lowest BCUT2D eigenvalue weighted by Crippen LogP contribution is -2.06. The van der Waals surface area contributed by atoms with E-state index in [1.807, 2.05) is 16.7 Å². The van der Waals surface area contributed by atoms with Crippen LogP contribution in [0.1, 0.15) is 17.8 Å². The summed E-state index contributed by atoms with van der Waals surface area (Å²) in [6, 6.07) is 11.1. The second kappa shape index (κ2) is 8.54. The van der Waals surface area contributed by atoms with Gasteiger partial charge in [-0.05, 0) is 48.9 Å². The van der Waals surface area contributed by atoms with Crippen LogP contribution >= 0.6 is 23.4 Å². The van der Waals surface area contributed by atoms with Gasteiger partial charge >= 0.3 is 6.18 Å². The first-order valence-corrected chi connectivity index (χ1v) is 9.68. The Morgan fingerprint density at radius 2 is 1.89 bits per heavy atom. The molecule has 0 unspecified atom stereocenters. The minimum Gasteiger partial charge on any atom is -0.385 e. The zero-order valence-corrected chi connectivity index (χ0v) is 16.2. The highest BCUT2D eigenvalue weighted by atomic mass is 35.5. The standard InChI is InChI=1S/C19H18ClF3N2OS/c1-26-10-2-9-25-17-8-3-13(19(21,22)23)11-16(17)24-18(25)12-27-15-6-4-14(20)5-7-15/h3-8,11H,2,9-10,12H2,1H3. The van der Waals surface area contributed by atoms with Gasteiger partial charge in [-0.1, -0.05) is 11.6 Å². The number of alkyl halides is 3. The van der Waals surface area contributed by atoms with Crippen molar-refractivity contribution in [2.24, 2.45) is 0 Å². The quantitative estimate of drug-likeness (QED) is 0.348. The third-order valence-electron chi connectivity index (χ3n) is 4.07. The van der Waals surface area contributed by atoms with Crippen LogP contribution in [-0.4, -0.2) is 23.3 Å². The predicted molar refractivity (Wildman–Crippen MR) is 102 cm³/mol. The SMILES string of the molecule is COCCCn1c(CSc2ccc(Cl)cc2)nc2cc(C(F)(F)F)ccc21. The smallest absolute Gasteiger partial charge is 0.385 e. The molecule has 0 N–H and O–H groups in total. The van der Waals surface area contributed by atoms with Crippen LogP contribution in [0.3, 0.4) is 0 Å². The number of methoxy groups -OCH3 is 1.